The molecule has 0 aliphatic heterocycles. The number of nitro benzene ring substituents is 1. The Morgan fingerprint density at radius 3 is 2.44 bits per heavy atom. The third-order valence-electron chi connectivity index (χ3n) is 3.67. The maximum Gasteiger partial charge on any atom is 0.271 e. The molecule has 1 N–H and O–H groups in total. The number of carbonyl (C=O) groups is 1. The van der Waals surface area contributed by atoms with Crippen molar-refractivity contribution in [3.8, 4) is 0 Å². The lowest BCUT2D eigenvalue weighted by atomic mass is 10.1. The zero-order valence-corrected chi connectivity index (χ0v) is 18.1. The fourth-order valence-corrected chi connectivity index (χ4v) is 4.45. The van der Waals surface area contributed by atoms with Gasteiger partial charge >= 0.3 is 0 Å². The van der Waals surface area contributed by atoms with Crippen molar-refractivity contribution in [2.45, 2.75) is 45.4 Å². The normalized spacial score (nSPS) is 13.1. The van der Waals surface area contributed by atoms with E-state index in [0.717, 1.165) is 10.6 Å². The third-order valence-corrected chi connectivity index (χ3v) is 6.17. The Hall–Kier alpha value is -1.81. The van der Waals surface area contributed by atoms with Crippen molar-refractivity contribution in [3.05, 3.63) is 33.9 Å². The van der Waals surface area contributed by atoms with Crippen molar-refractivity contribution in [3.63, 3.8) is 0 Å². The van der Waals surface area contributed by atoms with Crippen LogP contribution in [-0.4, -0.2) is 48.6 Å². The molecule has 0 fully saturated rings. The fraction of sp³-hybridized carbons (Fsp3) is 0.588. The molecule has 10 heteroatoms. The SMILES string of the molecule is Cc1ccc([N+](=O)[O-])cc1N([C@@H](C)C(=O)NCCSC(C)(C)C)S(C)(=O)=O. The molecule has 0 heterocycles. The summed E-state index contributed by atoms with van der Waals surface area (Å²) in [4.78, 5) is 23.0. The predicted molar refractivity (Wildman–Crippen MR) is 110 cm³/mol. The zero-order chi connectivity index (χ0) is 21.0. The van der Waals surface area contributed by atoms with Gasteiger partial charge in [0.25, 0.3) is 5.69 Å². The lowest BCUT2D eigenvalue weighted by Crippen LogP contribution is -2.48. The van der Waals surface area contributed by atoms with Crippen LogP contribution < -0.4 is 9.62 Å². The number of benzene rings is 1. The molecule has 1 aromatic rings. The maximum absolute atomic E-state index is 12.5. The molecule has 1 rings (SSSR count). The molecule has 152 valence electrons. The van der Waals surface area contributed by atoms with E-state index in [1.165, 1.54) is 25.1 Å². The summed E-state index contributed by atoms with van der Waals surface area (Å²) in [5.41, 5.74) is 0.408. The number of hydrogen-bond acceptors (Lipinski definition) is 6. The summed E-state index contributed by atoms with van der Waals surface area (Å²) in [5.74, 6) is 0.234. The zero-order valence-electron chi connectivity index (χ0n) is 16.5. The van der Waals surface area contributed by atoms with Gasteiger partial charge < -0.3 is 5.32 Å². The van der Waals surface area contributed by atoms with Crippen LogP contribution >= 0.6 is 11.8 Å². The van der Waals surface area contributed by atoms with E-state index >= 15 is 0 Å². The molecular weight excluding hydrogens is 390 g/mol. The molecular formula is C17H27N3O5S2. The van der Waals surface area contributed by atoms with E-state index in [-0.39, 0.29) is 16.1 Å². The van der Waals surface area contributed by atoms with Gasteiger partial charge in [-0.1, -0.05) is 26.8 Å². The molecule has 1 atom stereocenters. The summed E-state index contributed by atoms with van der Waals surface area (Å²) in [6.45, 7) is 9.71. The highest BCUT2D eigenvalue weighted by Crippen LogP contribution is 2.29. The van der Waals surface area contributed by atoms with Gasteiger partial charge in [0.1, 0.15) is 6.04 Å². The lowest BCUT2D eigenvalue weighted by molar-refractivity contribution is -0.384. The first kappa shape index (κ1) is 23.2. The molecule has 0 aliphatic rings. The van der Waals surface area contributed by atoms with E-state index in [9.17, 15) is 23.3 Å². The Balaban J connectivity index is 3.06. The molecule has 0 saturated heterocycles. The summed E-state index contributed by atoms with van der Waals surface area (Å²) in [7, 11) is -3.84. The van der Waals surface area contributed by atoms with Crippen LogP contribution in [0.3, 0.4) is 0 Å². The van der Waals surface area contributed by atoms with E-state index < -0.39 is 26.9 Å². The Morgan fingerprint density at radius 2 is 1.96 bits per heavy atom. The summed E-state index contributed by atoms with van der Waals surface area (Å²) in [6, 6.07) is 2.90. The molecule has 1 aromatic carbocycles. The average Bonchev–Trinajstić information content (AvgIpc) is 2.50. The Labute approximate surface area is 164 Å². The van der Waals surface area contributed by atoms with Crippen molar-refractivity contribution in [2.24, 2.45) is 0 Å². The van der Waals surface area contributed by atoms with Crippen molar-refractivity contribution in [2.75, 3.05) is 22.9 Å². The van der Waals surface area contributed by atoms with Crippen LogP contribution in [0, 0.1) is 17.0 Å². The third kappa shape index (κ3) is 7.02. The number of carbonyl (C=O) groups excluding carboxylic acids is 1. The lowest BCUT2D eigenvalue weighted by Gasteiger charge is -2.29. The molecule has 0 radical (unpaired) electrons. The number of amides is 1. The molecule has 1 amide bonds. The molecule has 0 spiro atoms. The van der Waals surface area contributed by atoms with Crippen LogP contribution in [0.15, 0.2) is 18.2 Å². The van der Waals surface area contributed by atoms with E-state index in [1.807, 2.05) is 0 Å². The van der Waals surface area contributed by atoms with Gasteiger partial charge in [-0.2, -0.15) is 11.8 Å². The molecule has 8 nitrogen and oxygen atoms in total. The van der Waals surface area contributed by atoms with E-state index in [4.69, 9.17) is 0 Å². The number of aryl methyl sites for hydroxylation is 1. The molecule has 0 unspecified atom stereocenters. The van der Waals surface area contributed by atoms with Gasteiger partial charge in [0.2, 0.25) is 15.9 Å². The minimum Gasteiger partial charge on any atom is -0.353 e. The number of nitrogens with zero attached hydrogens (tertiary/aromatic N) is 2. The monoisotopic (exact) mass is 417 g/mol. The first-order valence-corrected chi connectivity index (χ1v) is 11.2. The molecule has 0 aromatic heterocycles. The predicted octanol–water partition coefficient (Wildman–Crippen LogP) is 2.71. The van der Waals surface area contributed by atoms with Crippen molar-refractivity contribution >= 4 is 39.1 Å². The van der Waals surface area contributed by atoms with E-state index in [0.29, 0.717) is 17.9 Å². The molecule has 0 saturated carbocycles. The van der Waals surface area contributed by atoms with E-state index in [1.54, 1.807) is 18.7 Å². The number of anilines is 1. The standard InChI is InChI=1S/C17H27N3O5S2/c1-12-7-8-14(20(22)23)11-15(12)19(27(6,24)25)13(2)16(21)18-9-10-26-17(3,4)5/h7-8,11,13H,9-10H2,1-6H3,(H,18,21)/t13-/m0/s1. The quantitative estimate of drug-likeness (QED) is 0.396. The Bertz CT molecular complexity index is 803. The van der Waals surface area contributed by atoms with Gasteiger partial charge in [-0.3, -0.25) is 19.2 Å². The molecule has 0 aliphatic carbocycles. The second kappa shape index (κ2) is 8.92. The van der Waals surface area contributed by atoms with Gasteiger partial charge in [-0.15, -0.1) is 0 Å². The number of sulfonamides is 1. The average molecular weight is 418 g/mol. The summed E-state index contributed by atoms with van der Waals surface area (Å²) in [6.07, 6.45) is 0.977. The Kier molecular flexibility index (Phi) is 7.67. The van der Waals surface area contributed by atoms with Crippen molar-refractivity contribution in [1.29, 1.82) is 0 Å². The number of thioether (sulfide) groups is 1. The van der Waals surface area contributed by atoms with E-state index in [2.05, 4.69) is 26.1 Å². The minimum atomic E-state index is -3.84. The number of non-ortho nitro benzene ring substituents is 1. The van der Waals surface area contributed by atoms with Crippen LogP contribution in [0.1, 0.15) is 33.3 Å². The van der Waals surface area contributed by atoms with Crippen molar-refractivity contribution in [1.82, 2.24) is 5.32 Å². The van der Waals surface area contributed by atoms with Gasteiger partial charge in [-0.05, 0) is 19.4 Å². The molecule has 0 bridgehead atoms. The smallest absolute Gasteiger partial charge is 0.271 e. The molecule has 27 heavy (non-hydrogen) atoms. The number of hydrogen-bond donors (Lipinski definition) is 1. The Morgan fingerprint density at radius 1 is 1.37 bits per heavy atom. The second-order valence-electron chi connectivity index (χ2n) is 7.21. The largest absolute Gasteiger partial charge is 0.353 e. The number of nitro groups is 1. The fourth-order valence-electron chi connectivity index (χ4n) is 2.41. The first-order chi connectivity index (χ1) is 12.2. The number of rotatable bonds is 8. The topological polar surface area (TPSA) is 110 Å². The van der Waals surface area contributed by atoms with Gasteiger partial charge in [0.05, 0.1) is 16.9 Å². The van der Waals surface area contributed by atoms with Crippen LogP contribution in [-0.2, 0) is 14.8 Å². The van der Waals surface area contributed by atoms with Gasteiger partial charge in [0.15, 0.2) is 0 Å². The second-order valence-corrected chi connectivity index (χ2v) is 11.0. The summed E-state index contributed by atoms with van der Waals surface area (Å²) >= 11 is 1.68. The maximum atomic E-state index is 12.5. The highest BCUT2D eigenvalue weighted by Gasteiger charge is 2.31. The van der Waals surface area contributed by atoms with Gasteiger partial charge in [-0.25, -0.2) is 8.42 Å². The van der Waals surface area contributed by atoms with Gasteiger partial charge in [0, 0.05) is 29.2 Å². The van der Waals surface area contributed by atoms with Crippen LogP contribution in [0.25, 0.3) is 0 Å². The number of nitrogens with one attached hydrogen (secondary N) is 1. The van der Waals surface area contributed by atoms with Crippen molar-refractivity contribution < 1.29 is 18.1 Å². The van der Waals surface area contributed by atoms with Crippen LogP contribution in [0.2, 0.25) is 0 Å². The summed E-state index contributed by atoms with van der Waals surface area (Å²) < 4.78 is 25.7. The highest BCUT2D eigenvalue weighted by molar-refractivity contribution is 8.00. The minimum absolute atomic E-state index is 0.0647. The van der Waals surface area contributed by atoms with Crippen LogP contribution in [0.4, 0.5) is 11.4 Å². The van der Waals surface area contributed by atoms with Crippen LogP contribution in [0.5, 0.6) is 0 Å². The highest BCUT2D eigenvalue weighted by atomic mass is 32.2. The first-order valence-electron chi connectivity index (χ1n) is 8.40. The summed E-state index contributed by atoms with van der Waals surface area (Å²) in [5, 5.41) is 13.8.